The van der Waals surface area contributed by atoms with Crippen molar-refractivity contribution in [3.8, 4) is 0 Å². The first-order valence-corrected chi connectivity index (χ1v) is 5.72. The van der Waals surface area contributed by atoms with Gasteiger partial charge in [0.1, 0.15) is 17.2 Å². The Labute approximate surface area is 99.8 Å². The van der Waals surface area contributed by atoms with Gasteiger partial charge in [0.05, 0.1) is 0 Å². The van der Waals surface area contributed by atoms with Crippen LogP contribution in [0.3, 0.4) is 0 Å². The molecule has 2 aromatic rings. The minimum absolute atomic E-state index is 0.306. The van der Waals surface area contributed by atoms with E-state index < -0.39 is 0 Å². The number of hydrogen-bond donors (Lipinski definition) is 2. The third kappa shape index (κ3) is 2.22. The topological polar surface area (TPSA) is 50.9 Å². The van der Waals surface area contributed by atoms with Gasteiger partial charge in [0.2, 0.25) is 0 Å². The van der Waals surface area contributed by atoms with E-state index >= 15 is 0 Å². The zero-order valence-corrected chi connectivity index (χ0v) is 10.0. The molecule has 3 nitrogen and oxygen atoms in total. The summed E-state index contributed by atoms with van der Waals surface area (Å²) in [5.74, 6) is 5.67. The summed E-state index contributed by atoms with van der Waals surface area (Å²) in [6.45, 7) is 3.96. The predicted octanol–water partition coefficient (Wildman–Crippen LogP) is 2.92. The number of aromatic nitrogens is 1. The van der Waals surface area contributed by atoms with Gasteiger partial charge in [0, 0.05) is 5.39 Å². The number of benzene rings is 1. The second-order valence-corrected chi connectivity index (χ2v) is 4.21. The van der Waals surface area contributed by atoms with Crippen LogP contribution >= 0.6 is 0 Å². The van der Waals surface area contributed by atoms with Gasteiger partial charge in [-0.25, -0.2) is 15.2 Å². The number of nitrogen functional groups attached to an aromatic ring is 1. The van der Waals surface area contributed by atoms with Gasteiger partial charge >= 0.3 is 0 Å². The lowest BCUT2D eigenvalue weighted by atomic mass is 10.1. The Morgan fingerprint density at radius 3 is 2.76 bits per heavy atom. The van der Waals surface area contributed by atoms with E-state index in [0.717, 1.165) is 29.4 Å². The number of nitrogens with one attached hydrogen (secondary N) is 1. The van der Waals surface area contributed by atoms with E-state index in [9.17, 15) is 4.39 Å². The molecule has 0 saturated heterocycles. The molecule has 1 aromatic carbocycles. The van der Waals surface area contributed by atoms with Gasteiger partial charge in [-0.2, -0.15) is 0 Å². The van der Waals surface area contributed by atoms with Gasteiger partial charge in [-0.15, -0.1) is 0 Å². The number of rotatable bonds is 3. The van der Waals surface area contributed by atoms with Crippen molar-refractivity contribution < 1.29 is 4.39 Å². The van der Waals surface area contributed by atoms with E-state index in [1.165, 1.54) is 6.07 Å². The summed E-state index contributed by atoms with van der Waals surface area (Å²) in [5.41, 5.74) is 4.82. The molecule has 4 heteroatoms. The van der Waals surface area contributed by atoms with Crippen LogP contribution in [0.5, 0.6) is 0 Å². The molecule has 0 amide bonds. The van der Waals surface area contributed by atoms with E-state index in [1.807, 2.05) is 19.1 Å². The quantitative estimate of drug-likeness (QED) is 0.633. The van der Waals surface area contributed by atoms with Crippen molar-refractivity contribution in [2.45, 2.75) is 26.7 Å². The lowest BCUT2D eigenvalue weighted by molar-refractivity contribution is 0.635. The van der Waals surface area contributed by atoms with Gasteiger partial charge in [0.15, 0.2) is 0 Å². The molecule has 0 aliphatic heterocycles. The monoisotopic (exact) mass is 233 g/mol. The summed E-state index contributed by atoms with van der Waals surface area (Å²) in [6, 6.07) is 5.37. The molecule has 90 valence electrons. The molecule has 0 bridgehead atoms. The lowest BCUT2D eigenvalue weighted by Gasteiger charge is -2.10. The highest BCUT2D eigenvalue weighted by Gasteiger charge is 2.09. The number of aryl methyl sites for hydroxylation is 2. The first-order chi connectivity index (χ1) is 8.15. The lowest BCUT2D eigenvalue weighted by Crippen LogP contribution is -2.11. The van der Waals surface area contributed by atoms with Crippen molar-refractivity contribution >= 4 is 16.7 Å². The summed E-state index contributed by atoms with van der Waals surface area (Å²) in [4.78, 5) is 4.24. The zero-order chi connectivity index (χ0) is 12.4. The molecule has 0 fully saturated rings. The summed E-state index contributed by atoms with van der Waals surface area (Å²) in [6.07, 6.45) is 1.87. The average Bonchev–Trinajstić information content (AvgIpc) is 2.28. The Kier molecular flexibility index (Phi) is 3.24. The molecule has 0 saturated carbocycles. The van der Waals surface area contributed by atoms with E-state index in [-0.39, 0.29) is 5.82 Å². The van der Waals surface area contributed by atoms with E-state index in [2.05, 4.69) is 17.3 Å². The van der Waals surface area contributed by atoms with Gasteiger partial charge < -0.3 is 5.43 Å². The number of halogens is 1. The van der Waals surface area contributed by atoms with Crippen molar-refractivity contribution in [3.05, 3.63) is 35.1 Å². The normalized spacial score (nSPS) is 10.8. The average molecular weight is 233 g/mol. The summed E-state index contributed by atoms with van der Waals surface area (Å²) < 4.78 is 13.7. The molecule has 1 aromatic heterocycles. The maximum absolute atomic E-state index is 13.7. The fourth-order valence-electron chi connectivity index (χ4n) is 2.01. The van der Waals surface area contributed by atoms with Crippen LogP contribution in [0.1, 0.15) is 24.5 Å². The molecule has 3 N–H and O–H groups in total. The van der Waals surface area contributed by atoms with Gasteiger partial charge in [0.25, 0.3) is 0 Å². The predicted molar refractivity (Wildman–Crippen MR) is 68.2 cm³/mol. The number of pyridine rings is 1. The number of nitrogens with two attached hydrogens (primary N) is 1. The SMILES string of the molecule is CCCc1cc2cc(C)cc(F)c2nc1NN. The number of nitrogens with zero attached hydrogens (tertiary/aromatic N) is 1. The minimum atomic E-state index is -0.306. The van der Waals surface area contributed by atoms with E-state index in [4.69, 9.17) is 5.84 Å². The molecule has 0 atom stereocenters. The second kappa shape index (κ2) is 4.67. The van der Waals surface area contributed by atoms with Crippen molar-refractivity contribution in [2.75, 3.05) is 5.43 Å². The third-order valence-electron chi connectivity index (χ3n) is 2.75. The smallest absolute Gasteiger partial charge is 0.149 e. The molecule has 0 aliphatic rings. The summed E-state index contributed by atoms with van der Waals surface area (Å²) >= 11 is 0. The Hall–Kier alpha value is -1.68. The minimum Gasteiger partial charge on any atom is -0.308 e. The number of fused-ring (bicyclic) bond motifs is 1. The Morgan fingerprint density at radius 1 is 1.35 bits per heavy atom. The molecule has 17 heavy (non-hydrogen) atoms. The van der Waals surface area contributed by atoms with Crippen LogP contribution in [-0.2, 0) is 6.42 Å². The van der Waals surface area contributed by atoms with E-state index in [0.29, 0.717) is 11.3 Å². The van der Waals surface area contributed by atoms with Crippen LogP contribution in [-0.4, -0.2) is 4.98 Å². The van der Waals surface area contributed by atoms with E-state index in [1.54, 1.807) is 0 Å². The number of hydrogen-bond acceptors (Lipinski definition) is 3. The fraction of sp³-hybridized carbons (Fsp3) is 0.308. The largest absolute Gasteiger partial charge is 0.308 e. The molecule has 0 unspecified atom stereocenters. The highest BCUT2D eigenvalue weighted by molar-refractivity contribution is 5.83. The van der Waals surface area contributed by atoms with Gasteiger partial charge in [-0.05, 0) is 42.7 Å². The zero-order valence-electron chi connectivity index (χ0n) is 10.0. The highest BCUT2D eigenvalue weighted by Crippen LogP contribution is 2.24. The van der Waals surface area contributed by atoms with Crippen molar-refractivity contribution in [1.82, 2.24) is 4.98 Å². The molecular weight excluding hydrogens is 217 g/mol. The van der Waals surface area contributed by atoms with Crippen LogP contribution in [0.15, 0.2) is 18.2 Å². The van der Waals surface area contributed by atoms with Crippen LogP contribution in [0, 0.1) is 12.7 Å². The summed E-state index contributed by atoms with van der Waals surface area (Å²) in [7, 11) is 0. The fourth-order valence-corrected chi connectivity index (χ4v) is 2.01. The Balaban J connectivity index is 2.69. The Morgan fingerprint density at radius 2 is 2.12 bits per heavy atom. The Bertz CT molecular complexity index is 552. The first kappa shape index (κ1) is 11.8. The van der Waals surface area contributed by atoms with Crippen LogP contribution in [0.2, 0.25) is 0 Å². The maximum atomic E-state index is 13.7. The second-order valence-electron chi connectivity index (χ2n) is 4.21. The van der Waals surface area contributed by atoms with Crippen LogP contribution in [0.25, 0.3) is 10.9 Å². The molecule has 0 radical (unpaired) electrons. The highest BCUT2D eigenvalue weighted by atomic mass is 19.1. The standard InChI is InChI=1S/C13H16FN3/c1-3-4-9-7-10-5-8(2)6-11(14)12(10)16-13(9)17-15/h5-7H,3-4,15H2,1-2H3,(H,16,17). The third-order valence-corrected chi connectivity index (χ3v) is 2.75. The number of anilines is 1. The maximum Gasteiger partial charge on any atom is 0.149 e. The first-order valence-electron chi connectivity index (χ1n) is 5.72. The molecule has 0 aliphatic carbocycles. The van der Waals surface area contributed by atoms with Crippen LogP contribution < -0.4 is 11.3 Å². The van der Waals surface area contributed by atoms with Crippen molar-refractivity contribution in [3.63, 3.8) is 0 Å². The summed E-state index contributed by atoms with van der Waals surface area (Å²) in [5, 5.41) is 0.824. The van der Waals surface area contributed by atoms with Crippen LogP contribution in [0.4, 0.5) is 10.2 Å². The van der Waals surface area contributed by atoms with Gasteiger partial charge in [-0.1, -0.05) is 13.3 Å². The molecule has 0 spiro atoms. The van der Waals surface area contributed by atoms with Gasteiger partial charge in [-0.3, -0.25) is 0 Å². The molecule has 1 heterocycles. The molecular formula is C13H16FN3. The number of hydrazine groups is 1. The molecule has 2 rings (SSSR count). The van der Waals surface area contributed by atoms with Crippen molar-refractivity contribution in [2.24, 2.45) is 5.84 Å². The van der Waals surface area contributed by atoms with Crippen molar-refractivity contribution in [1.29, 1.82) is 0 Å².